The van der Waals surface area contributed by atoms with Gasteiger partial charge in [0.25, 0.3) is 0 Å². The standard InChI is InChI=1S/C13H22N2O3S/c1-5-14-11(3)9-15-19(16,17)13-7-6-12(18-4)8-10(13)2/h6-8,11,14-15H,5,9H2,1-4H3/t11-/m1/s1. The van der Waals surface area contributed by atoms with Crippen LogP contribution in [0.25, 0.3) is 0 Å². The Bertz CT molecular complexity index is 515. The summed E-state index contributed by atoms with van der Waals surface area (Å²) >= 11 is 0. The first-order valence-corrected chi connectivity index (χ1v) is 7.76. The minimum absolute atomic E-state index is 0.0957. The van der Waals surface area contributed by atoms with Crippen molar-refractivity contribution in [2.75, 3.05) is 20.2 Å². The molecule has 0 amide bonds. The van der Waals surface area contributed by atoms with Crippen LogP contribution >= 0.6 is 0 Å². The number of methoxy groups -OCH3 is 1. The van der Waals surface area contributed by atoms with Gasteiger partial charge in [-0.15, -0.1) is 0 Å². The highest BCUT2D eigenvalue weighted by atomic mass is 32.2. The first kappa shape index (κ1) is 15.9. The van der Waals surface area contributed by atoms with E-state index in [1.54, 1.807) is 32.2 Å². The number of likely N-dealkylation sites (N-methyl/N-ethyl adjacent to an activating group) is 1. The fourth-order valence-corrected chi connectivity index (χ4v) is 3.14. The molecule has 0 unspecified atom stereocenters. The number of nitrogens with one attached hydrogen (secondary N) is 2. The van der Waals surface area contributed by atoms with Crippen LogP contribution in [0.1, 0.15) is 19.4 Å². The SMILES string of the molecule is CCN[C@H](C)CNS(=O)(=O)c1ccc(OC)cc1C. The topological polar surface area (TPSA) is 67.4 Å². The molecule has 0 aliphatic heterocycles. The average molecular weight is 286 g/mol. The van der Waals surface area contributed by atoms with Crippen LogP contribution in [0.5, 0.6) is 5.75 Å². The van der Waals surface area contributed by atoms with Crippen LogP contribution in [-0.2, 0) is 10.0 Å². The van der Waals surface area contributed by atoms with Crippen LogP contribution in [0.3, 0.4) is 0 Å². The van der Waals surface area contributed by atoms with E-state index in [0.717, 1.165) is 6.54 Å². The van der Waals surface area contributed by atoms with Gasteiger partial charge in [-0.05, 0) is 44.2 Å². The fourth-order valence-electron chi connectivity index (χ4n) is 1.78. The molecule has 0 aromatic heterocycles. The Kier molecular flexibility index (Phi) is 5.78. The highest BCUT2D eigenvalue weighted by molar-refractivity contribution is 7.89. The molecule has 6 heteroatoms. The number of hydrogen-bond donors (Lipinski definition) is 2. The largest absolute Gasteiger partial charge is 0.497 e. The van der Waals surface area contributed by atoms with E-state index < -0.39 is 10.0 Å². The maximum atomic E-state index is 12.2. The van der Waals surface area contributed by atoms with Gasteiger partial charge >= 0.3 is 0 Å². The smallest absolute Gasteiger partial charge is 0.240 e. The Hall–Kier alpha value is -1.11. The van der Waals surface area contributed by atoms with E-state index in [1.165, 1.54) is 0 Å². The fraction of sp³-hybridized carbons (Fsp3) is 0.538. The van der Waals surface area contributed by atoms with E-state index in [2.05, 4.69) is 10.0 Å². The summed E-state index contributed by atoms with van der Waals surface area (Å²) in [5.41, 5.74) is 0.669. The Morgan fingerprint density at radius 2 is 2.05 bits per heavy atom. The van der Waals surface area contributed by atoms with Gasteiger partial charge in [-0.25, -0.2) is 13.1 Å². The third-order valence-electron chi connectivity index (χ3n) is 2.80. The van der Waals surface area contributed by atoms with Gasteiger partial charge in [0.15, 0.2) is 0 Å². The summed E-state index contributed by atoms with van der Waals surface area (Å²) in [5.74, 6) is 0.650. The highest BCUT2D eigenvalue weighted by Crippen LogP contribution is 2.20. The summed E-state index contributed by atoms with van der Waals surface area (Å²) in [6.07, 6.45) is 0. The third-order valence-corrected chi connectivity index (χ3v) is 4.39. The molecule has 1 aromatic rings. The normalized spacial score (nSPS) is 13.3. The van der Waals surface area contributed by atoms with Gasteiger partial charge in [0.05, 0.1) is 12.0 Å². The predicted molar refractivity (Wildman–Crippen MR) is 76.1 cm³/mol. The van der Waals surface area contributed by atoms with Crippen molar-refractivity contribution in [2.45, 2.75) is 31.7 Å². The van der Waals surface area contributed by atoms with E-state index in [0.29, 0.717) is 17.9 Å². The summed E-state index contributed by atoms with van der Waals surface area (Å²) < 4.78 is 32.0. The van der Waals surface area contributed by atoms with Crippen molar-refractivity contribution in [1.82, 2.24) is 10.0 Å². The summed E-state index contributed by atoms with van der Waals surface area (Å²) in [6, 6.07) is 5.02. The maximum Gasteiger partial charge on any atom is 0.240 e. The molecular weight excluding hydrogens is 264 g/mol. The van der Waals surface area contributed by atoms with Gasteiger partial charge in [-0.2, -0.15) is 0 Å². The molecule has 108 valence electrons. The van der Waals surface area contributed by atoms with E-state index >= 15 is 0 Å². The quantitative estimate of drug-likeness (QED) is 0.792. The number of ether oxygens (including phenoxy) is 1. The van der Waals surface area contributed by atoms with E-state index in [-0.39, 0.29) is 10.9 Å². The van der Waals surface area contributed by atoms with Crippen LogP contribution in [0.2, 0.25) is 0 Å². The number of hydrogen-bond acceptors (Lipinski definition) is 4. The second-order valence-electron chi connectivity index (χ2n) is 4.44. The Morgan fingerprint density at radius 1 is 1.37 bits per heavy atom. The minimum atomic E-state index is -3.47. The molecule has 2 N–H and O–H groups in total. The van der Waals surface area contributed by atoms with Gasteiger partial charge < -0.3 is 10.1 Å². The Labute approximate surface area is 115 Å². The second kappa shape index (κ2) is 6.88. The molecule has 0 fully saturated rings. The monoisotopic (exact) mass is 286 g/mol. The maximum absolute atomic E-state index is 12.2. The van der Waals surface area contributed by atoms with Gasteiger partial charge in [-0.3, -0.25) is 0 Å². The second-order valence-corrected chi connectivity index (χ2v) is 6.18. The molecule has 1 aromatic carbocycles. The summed E-state index contributed by atoms with van der Waals surface area (Å²) in [7, 11) is -1.92. The van der Waals surface area contributed by atoms with Crippen LogP contribution < -0.4 is 14.8 Å². The van der Waals surface area contributed by atoms with Crippen LogP contribution in [0.4, 0.5) is 0 Å². The molecule has 0 aliphatic carbocycles. The van der Waals surface area contributed by atoms with Gasteiger partial charge in [0.1, 0.15) is 5.75 Å². The molecule has 1 rings (SSSR count). The zero-order valence-electron chi connectivity index (χ0n) is 11.9. The molecule has 0 spiro atoms. The molecule has 19 heavy (non-hydrogen) atoms. The summed E-state index contributed by atoms with van der Waals surface area (Å²) in [6.45, 7) is 6.85. The molecule has 5 nitrogen and oxygen atoms in total. The first-order chi connectivity index (χ1) is 8.90. The Balaban J connectivity index is 2.83. The molecule has 0 saturated heterocycles. The summed E-state index contributed by atoms with van der Waals surface area (Å²) in [5, 5.41) is 3.16. The predicted octanol–water partition coefficient (Wildman–Crippen LogP) is 1.28. The molecule has 0 radical (unpaired) electrons. The lowest BCUT2D eigenvalue weighted by atomic mass is 10.2. The van der Waals surface area contributed by atoms with Crippen molar-refractivity contribution < 1.29 is 13.2 Å². The van der Waals surface area contributed by atoms with Gasteiger partial charge in [0, 0.05) is 12.6 Å². The molecule has 0 saturated carbocycles. The van der Waals surface area contributed by atoms with Gasteiger partial charge in [0.2, 0.25) is 10.0 Å². The van der Waals surface area contributed by atoms with Crippen molar-refractivity contribution in [3.05, 3.63) is 23.8 Å². The van der Waals surface area contributed by atoms with E-state index in [1.807, 2.05) is 13.8 Å². The number of sulfonamides is 1. The lowest BCUT2D eigenvalue weighted by molar-refractivity contribution is 0.414. The van der Waals surface area contributed by atoms with Crippen molar-refractivity contribution >= 4 is 10.0 Å². The molecule has 0 bridgehead atoms. The first-order valence-electron chi connectivity index (χ1n) is 6.28. The molecular formula is C13H22N2O3S. The van der Waals surface area contributed by atoms with Crippen molar-refractivity contribution in [3.8, 4) is 5.75 Å². The van der Waals surface area contributed by atoms with Crippen molar-refractivity contribution in [1.29, 1.82) is 0 Å². The number of rotatable bonds is 7. The third kappa shape index (κ3) is 4.49. The zero-order valence-corrected chi connectivity index (χ0v) is 12.7. The highest BCUT2D eigenvalue weighted by Gasteiger charge is 2.17. The lowest BCUT2D eigenvalue weighted by Crippen LogP contribution is -2.38. The van der Waals surface area contributed by atoms with Crippen molar-refractivity contribution in [2.24, 2.45) is 0 Å². The molecule has 1 atom stereocenters. The molecule has 0 aliphatic rings. The summed E-state index contributed by atoms with van der Waals surface area (Å²) in [4.78, 5) is 0.289. The van der Waals surface area contributed by atoms with E-state index in [4.69, 9.17) is 4.74 Å². The van der Waals surface area contributed by atoms with Crippen molar-refractivity contribution in [3.63, 3.8) is 0 Å². The zero-order chi connectivity index (χ0) is 14.5. The average Bonchev–Trinajstić information content (AvgIpc) is 2.36. The van der Waals surface area contributed by atoms with Crippen LogP contribution in [0, 0.1) is 6.92 Å². The van der Waals surface area contributed by atoms with Crippen LogP contribution in [0.15, 0.2) is 23.1 Å². The van der Waals surface area contributed by atoms with Crippen LogP contribution in [-0.4, -0.2) is 34.7 Å². The van der Waals surface area contributed by atoms with Gasteiger partial charge in [-0.1, -0.05) is 6.92 Å². The number of aryl methyl sites for hydroxylation is 1. The lowest BCUT2D eigenvalue weighted by Gasteiger charge is -2.15. The van der Waals surface area contributed by atoms with E-state index in [9.17, 15) is 8.42 Å². The minimum Gasteiger partial charge on any atom is -0.497 e. The molecule has 0 heterocycles. The Morgan fingerprint density at radius 3 is 2.58 bits per heavy atom. The number of benzene rings is 1.